The first-order chi connectivity index (χ1) is 20.0. The van der Waals surface area contributed by atoms with Gasteiger partial charge >= 0.3 is 0 Å². The molecule has 0 unspecified atom stereocenters. The molecule has 13 heteroatoms. The van der Waals surface area contributed by atoms with Crippen LogP contribution in [0.4, 0.5) is 16.0 Å². The van der Waals surface area contributed by atoms with Gasteiger partial charge in [-0.05, 0) is 65.2 Å². The van der Waals surface area contributed by atoms with Gasteiger partial charge in [-0.25, -0.2) is 23.6 Å². The maximum absolute atomic E-state index is 14.9. The molecule has 0 atom stereocenters. The van der Waals surface area contributed by atoms with E-state index in [9.17, 15) is 14.4 Å². The molecular weight excluding hydrogens is 557 g/mol. The number of hydrogen-bond donors (Lipinski definition) is 1. The minimum absolute atomic E-state index is 0.00564. The summed E-state index contributed by atoms with van der Waals surface area (Å²) in [5.74, 6) is -0.141. The van der Waals surface area contributed by atoms with Crippen molar-refractivity contribution in [2.75, 3.05) is 49.9 Å². The lowest BCUT2D eigenvalue weighted by Crippen LogP contribution is -2.45. The van der Waals surface area contributed by atoms with Crippen molar-refractivity contribution >= 4 is 34.7 Å². The normalized spacial score (nSPS) is 14.3. The molecule has 1 aliphatic heterocycles. The van der Waals surface area contributed by atoms with E-state index in [1.54, 1.807) is 24.5 Å². The average molecular weight is 590 g/mol. The number of nitrogens with zero attached hydrogens (tertiary/aromatic N) is 8. The SMILES string of the molecule is CN1CCN(c2ncc(-n3cnc4ccc(Oc5c(F)ccc(NSN(C)C(C)(C)C)c5C#N)cc4c3=O)cn2)CC1. The molecule has 1 fully saturated rings. The molecule has 0 aliphatic carbocycles. The summed E-state index contributed by atoms with van der Waals surface area (Å²) >= 11 is 1.29. The monoisotopic (exact) mass is 589 g/mol. The lowest BCUT2D eigenvalue weighted by Gasteiger charge is -2.32. The van der Waals surface area contributed by atoms with Crippen LogP contribution in [-0.2, 0) is 0 Å². The fourth-order valence-corrected chi connectivity index (χ4v) is 4.86. The Morgan fingerprint density at radius 2 is 1.81 bits per heavy atom. The zero-order valence-electron chi connectivity index (χ0n) is 24.1. The molecule has 2 aromatic carbocycles. The van der Waals surface area contributed by atoms with Crippen molar-refractivity contribution in [1.82, 2.24) is 28.7 Å². The number of benzene rings is 2. The van der Waals surface area contributed by atoms with E-state index in [-0.39, 0.29) is 33.5 Å². The second-order valence-electron chi connectivity index (χ2n) is 11.0. The quantitative estimate of drug-likeness (QED) is 0.309. The molecule has 3 heterocycles. The van der Waals surface area contributed by atoms with Crippen LogP contribution in [-0.4, -0.2) is 74.5 Å². The summed E-state index contributed by atoms with van der Waals surface area (Å²) in [4.78, 5) is 31.2. The minimum Gasteiger partial charge on any atom is -0.453 e. The predicted molar refractivity (Wildman–Crippen MR) is 163 cm³/mol. The number of nitrogens with one attached hydrogen (secondary N) is 1. The van der Waals surface area contributed by atoms with Gasteiger partial charge in [0.2, 0.25) is 5.95 Å². The predicted octanol–water partition coefficient (Wildman–Crippen LogP) is 4.44. The zero-order valence-corrected chi connectivity index (χ0v) is 24.9. The van der Waals surface area contributed by atoms with E-state index in [4.69, 9.17) is 4.74 Å². The zero-order chi connectivity index (χ0) is 30.0. The highest BCUT2D eigenvalue weighted by Crippen LogP contribution is 2.35. The number of hydrogen-bond acceptors (Lipinski definition) is 11. The molecule has 1 aliphatic rings. The lowest BCUT2D eigenvalue weighted by atomic mass is 10.1. The molecule has 0 amide bonds. The number of nitriles is 1. The molecule has 0 spiro atoms. The van der Waals surface area contributed by atoms with Gasteiger partial charge in [-0.1, -0.05) is 0 Å². The lowest BCUT2D eigenvalue weighted by molar-refractivity contribution is 0.311. The fourth-order valence-electron chi connectivity index (χ4n) is 4.18. The van der Waals surface area contributed by atoms with E-state index < -0.39 is 5.82 Å². The highest BCUT2D eigenvalue weighted by molar-refractivity contribution is 7.98. The average Bonchev–Trinajstić information content (AvgIpc) is 2.97. The molecule has 42 heavy (non-hydrogen) atoms. The van der Waals surface area contributed by atoms with Crippen molar-refractivity contribution in [2.45, 2.75) is 26.3 Å². The number of rotatable bonds is 7. The third-order valence-electron chi connectivity index (χ3n) is 7.10. The first-order valence-corrected chi connectivity index (χ1v) is 14.2. The van der Waals surface area contributed by atoms with Crippen LogP contribution in [0.3, 0.4) is 0 Å². The molecule has 1 saturated heterocycles. The topological polar surface area (TPSA) is 115 Å². The summed E-state index contributed by atoms with van der Waals surface area (Å²) in [6.07, 6.45) is 4.62. The number of aromatic nitrogens is 4. The number of piperazine rings is 1. The maximum atomic E-state index is 14.9. The van der Waals surface area contributed by atoms with Crippen molar-refractivity contribution in [3.8, 4) is 23.3 Å². The molecule has 2 aromatic heterocycles. The highest BCUT2D eigenvalue weighted by atomic mass is 32.2. The maximum Gasteiger partial charge on any atom is 0.266 e. The van der Waals surface area contributed by atoms with E-state index in [1.807, 2.05) is 38.2 Å². The van der Waals surface area contributed by atoms with Crippen molar-refractivity contribution < 1.29 is 9.13 Å². The van der Waals surface area contributed by atoms with E-state index in [1.165, 1.54) is 41.2 Å². The number of likely N-dealkylation sites (N-methyl/N-ethyl adjacent to an activating group) is 1. The molecule has 11 nitrogen and oxygen atoms in total. The molecule has 4 aromatic rings. The number of fused-ring (bicyclic) bond motifs is 1. The summed E-state index contributed by atoms with van der Waals surface area (Å²) in [7, 11) is 3.99. The Morgan fingerprint density at radius 3 is 2.48 bits per heavy atom. The number of anilines is 2. The van der Waals surface area contributed by atoms with Crippen LogP contribution >= 0.6 is 12.1 Å². The van der Waals surface area contributed by atoms with Gasteiger partial charge in [0.1, 0.15) is 23.7 Å². The van der Waals surface area contributed by atoms with Crippen molar-refractivity contribution in [3.63, 3.8) is 0 Å². The summed E-state index contributed by atoms with van der Waals surface area (Å²) in [6.45, 7) is 9.66. The Labute approximate surface area is 247 Å². The minimum atomic E-state index is -0.701. The first-order valence-electron chi connectivity index (χ1n) is 13.4. The third-order valence-corrected chi connectivity index (χ3v) is 8.23. The van der Waals surface area contributed by atoms with Gasteiger partial charge in [0.05, 0.1) is 34.7 Å². The molecule has 218 valence electrons. The summed E-state index contributed by atoms with van der Waals surface area (Å²) < 4.78 is 27.3. The smallest absolute Gasteiger partial charge is 0.266 e. The molecule has 0 radical (unpaired) electrons. The van der Waals surface area contributed by atoms with Gasteiger partial charge in [0.25, 0.3) is 5.56 Å². The summed E-state index contributed by atoms with van der Waals surface area (Å²) in [5.41, 5.74) is 0.809. The summed E-state index contributed by atoms with van der Waals surface area (Å²) in [5, 5.41) is 10.1. The van der Waals surface area contributed by atoms with E-state index >= 15 is 0 Å². The van der Waals surface area contributed by atoms with Crippen LogP contribution in [0.1, 0.15) is 26.3 Å². The Hall–Kier alpha value is -4.25. The Balaban J connectivity index is 1.42. The van der Waals surface area contributed by atoms with Crippen LogP contribution in [0.25, 0.3) is 16.6 Å². The van der Waals surface area contributed by atoms with Crippen LogP contribution in [0.2, 0.25) is 0 Å². The fraction of sp³-hybridized carbons (Fsp3) is 0.345. The molecule has 1 N–H and O–H groups in total. The third kappa shape index (κ3) is 6.15. The molecular formula is C29H32FN9O2S. The van der Waals surface area contributed by atoms with E-state index in [0.29, 0.717) is 22.8 Å². The summed E-state index contributed by atoms with van der Waals surface area (Å²) in [6, 6.07) is 9.45. The Kier molecular flexibility index (Phi) is 8.31. The molecule has 0 saturated carbocycles. The Morgan fingerprint density at radius 1 is 1.10 bits per heavy atom. The standard InChI is InChI=1S/C29H32FN9O2S/c1-29(2,3)37(5)42-35-25-9-7-23(30)26(22(25)15-31)41-20-6-8-24-21(14-20)27(40)39(18-34-24)19-16-32-28(33-17-19)38-12-10-36(4)11-13-38/h6-9,14,16-18,35H,10-13H2,1-5H3. The van der Waals surface area contributed by atoms with Crippen LogP contribution in [0.15, 0.2) is 53.8 Å². The largest absolute Gasteiger partial charge is 0.453 e. The van der Waals surface area contributed by atoms with E-state index in [2.05, 4.69) is 36.5 Å². The second kappa shape index (κ2) is 11.9. The van der Waals surface area contributed by atoms with Gasteiger partial charge in [-0.2, -0.15) is 5.26 Å². The van der Waals surface area contributed by atoms with Gasteiger partial charge < -0.3 is 19.3 Å². The van der Waals surface area contributed by atoms with Crippen LogP contribution in [0, 0.1) is 17.1 Å². The van der Waals surface area contributed by atoms with Gasteiger partial charge in [0.15, 0.2) is 11.6 Å². The highest BCUT2D eigenvalue weighted by Gasteiger charge is 2.21. The van der Waals surface area contributed by atoms with Crippen molar-refractivity contribution in [3.05, 3.63) is 70.8 Å². The molecule has 5 rings (SSSR count). The number of halogens is 1. The Bertz CT molecular complexity index is 1690. The van der Waals surface area contributed by atoms with E-state index in [0.717, 1.165) is 26.2 Å². The second-order valence-corrected chi connectivity index (χ2v) is 11.9. The van der Waals surface area contributed by atoms with Crippen molar-refractivity contribution in [2.24, 2.45) is 0 Å². The van der Waals surface area contributed by atoms with Crippen LogP contribution < -0.4 is 19.9 Å². The van der Waals surface area contributed by atoms with Crippen LogP contribution in [0.5, 0.6) is 11.5 Å². The van der Waals surface area contributed by atoms with Gasteiger partial charge in [0, 0.05) is 43.9 Å². The van der Waals surface area contributed by atoms with Gasteiger partial charge in [-0.15, -0.1) is 0 Å². The number of ether oxygens (including phenoxy) is 1. The first kappa shape index (κ1) is 29.2. The van der Waals surface area contributed by atoms with Gasteiger partial charge in [-0.3, -0.25) is 9.36 Å². The molecule has 0 bridgehead atoms. The van der Waals surface area contributed by atoms with Crippen molar-refractivity contribution in [1.29, 1.82) is 5.26 Å².